The Labute approximate surface area is 157 Å². The molecule has 0 aliphatic carbocycles. The quantitative estimate of drug-likeness (QED) is 0.409. The molecule has 27 heavy (non-hydrogen) atoms. The van der Waals surface area contributed by atoms with Crippen LogP contribution in [0, 0.1) is 0 Å². The van der Waals surface area contributed by atoms with Crippen LogP contribution in [-0.4, -0.2) is 0 Å². The van der Waals surface area contributed by atoms with Gasteiger partial charge in [-0.1, -0.05) is 84.9 Å². The number of benzene rings is 4. The van der Waals surface area contributed by atoms with E-state index in [1.54, 1.807) is 0 Å². The summed E-state index contributed by atoms with van der Waals surface area (Å²) in [6.07, 6.45) is 0. The number of furan rings is 1. The Balaban J connectivity index is 1.93. The Morgan fingerprint density at radius 3 is 1.78 bits per heavy atom. The Morgan fingerprint density at radius 1 is 0.556 bits per heavy atom. The Bertz CT molecular complexity index is 1240. The van der Waals surface area contributed by atoms with E-state index in [0.717, 1.165) is 37.9 Å². The molecule has 5 aromatic rings. The van der Waals surface area contributed by atoms with Crippen LogP contribution in [0.5, 0.6) is 0 Å². The molecule has 0 aliphatic rings. The van der Waals surface area contributed by atoms with Crippen LogP contribution in [0.1, 0.15) is 0 Å². The summed E-state index contributed by atoms with van der Waals surface area (Å²) in [5.74, 6) is 0. The molecular formula is C24H17O2P. The second-order valence-electron chi connectivity index (χ2n) is 6.53. The van der Waals surface area contributed by atoms with Crippen molar-refractivity contribution in [1.82, 2.24) is 0 Å². The van der Waals surface area contributed by atoms with Crippen LogP contribution in [0.2, 0.25) is 0 Å². The molecular weight excluding hydrogens is 351 g/mol. The van der Waals surface area contributed by atoms with Crippen LogP contribution >= 0.6 is 7.14 Å². The van der Waals surface area contributed by atoms with Gasteiger partial charge in [0.05, 0.1) is 0 Å². The molecule has 0 radical (unpaired) electrons. The molecule has 0 saturated carbocycles. The predicted molar refractivity (Wildman–Crippen MR) is 113 cm³/mol. The average Bonchev–Trinajstić information content (AvgIpc) is 3.13. The fraction of sp³-hybridized carbons (Fsp3) is 0. The molecule has 2 nitrogen and oxygen atoms in total. The van der Waals surface area contributed by atoms with Gasteiger partial charge in [-0.25, -0.2) is 0 Å². The highest BCUT2D eigenvalue weighted by atomic mass is 31.2. The van der Waals surface area contributed by atoms with Gasteiger partial charge in [0.25, 0.3) is 0 Å². The van der Waals surface area contributed by atoms with Crippen molar-refractivity contribution in [2.24, 2.45) is 0 Å². The first-order chi connectivity index (χ1) is 13.3. The van der Waals surface area contributed by atoms with Crippen molar-refractivity contribution in [3.05, 3.63) is 103 Å². The summed E-state index contributed by atoms with van der Waals surface area (Å²) < 4.78 is 20.8. The fourth-order valence-electron chi connectivity index (χ4n) is 3.72. The molecule has 5 rings (SSSR count). The predicted octanol–water partition coefficient (Wildman–Crippen LogP) is 5.23. The van der Waals surface area contributed by atoms with E-state index in [4.69, 9.17) is 4.42 Å². The normalized spacial score (nSPS) is 11.9. The van der Waals surface area contributed by atoms with Crippen molar-refractivity contribution >= 4 is 45.0 Å². The van der Waals surface area contributed by atoms with Crippen molar-refractivity contribution in [3.63, 3.8) is 0 Å². The number of rotatable bonds is 3. The van der Waals surface area contributed by atoms with Crippen LogP contribution in [0.3, 0.4) is 0 Å². The first-order valence-corrected chi connectivity index (χ1v) is 10.6. The van der Waals surface area contributed by atoms with Gasteiger partial charge in [-0.2, -0.15) is 0 Å². The molecule has 3 heteroatoms. The van der Waals surface area contributed by atoms with Gasteiger partial charge < -0.3 is 8.98 Å². The maximum Gasteiger partial charge on any atom is 0.171 e. The number of para-hydroxylation sites is 1. The molecule has 0 bridgehead atoms. The monoisotopic (exact) mass is 368 g/mol. The molecule has 0 unspecified atom stereocenters. The maximum atomic E-state index is 14.7. The second-order valence-corrected chi connectivity index (χ2v) is 9.26. The highest BCUT2D eigenvalue weighted by molar-refractivity contribution is 7.85. The molecule has 0 saturated heterocycles. The molecule has 0 aliphatic heterocycles. The van der Waals surface area contributed by atoms with Crippen molar-refractivity contribution in [3.8, 4) is 0 Å². The van der Waals surface area contributed by atoms with Crippen LogP contribution in [0.4, 0.5) is 0 Å². The van der Waals surface area contributed by atoms with E-state index in [-0.39, 0.29) is 0 Å². The van der Waals surface area contributed by atoms with Gasteiger partial charge in [-0.05, 0) is 18.2 Å². The van der Waals surface area contributed by atoms with Crippen molar-refractivity contribution in [1.29, 1.82) is 0 Å². The highest BCUT2D eigenvalue weighted by Gasteiger charge is 2.32. The number of hydrogen-bond donors (Lipinski definition) is 0. The molecule has 0 spiro atoms. The standard InChI is InChI=1S/C24H17O2P/c25-27(18-10-3-1-4-11-18,19-12-5-2-6-13-19)23-17-9-16-22-24(23)20-14-7-8-15-21(20)26-22/h1-17H. The molecule has 0 N–H and O–H groups in total. The summed E-state index contributed by atoms with van der Waals surface area (Å²) in [6.45, 7) is 0. The number of fused-ring (bicyclic) bond motifs is 3. The summed E-state index contributed by atoms with van der Waals surface area (Å²) in [7, 11) is -3.05. The van der Waals surface area contributed by atoms with Crippen molar-refractivity contribution in [2.75, 3.05) is 0 Å². The van der Waals surface area contributed by atoms with Gasteiger partial charge in [-0.15, -0.1) is 0 Å². The van der Waals surface area contributed by atoms with E-state index >= 15 is 0 Å². The van der Waals surface area contributed by atoms with Crippen LogP contribution < -0.4 is 15.9 Å². The summed E-state index contributed by atoms with van der Waals surface area (Å²) in [4.78, 5) is 0. The van der Waals surface area contributed by atoms with E-state index in [1.165, 1.54) is 0 Å². The zero-order valence-electron chi connectivity index (χ0n) is 14.6. The lowest BCUT2D eigenvalue weighted by Crippen LogP contribution is -2.25. The van der Waals surface area contributed by atoms with E-state index in [2.05, 4.69) is 0 Å². The lowest BCUT2D eigenvalue weighted by molar-refractivity contribution is 0.592. The van der Waals surface area contributed by atoms with E-state index in [9.17, 15) is 4.57 Å². The number of hydrogen-bond acceptors (Lipinski definition) is 2. The second kappa shape index (κ2) is 6.26. The summed E-state index contributed by atoms with van der Waals surface area (Å²) in [6, 6.07) is 33.3. The third kappa shape index (κ3) is 2.45. The van der Waals surface area contributed by atoms with E-state index in [0.29, 0.717) is 0 Å². The molecule has 130 valence electrons. The van der Waals surface area contributed by atoms with Crippen LogP contribution in [-0.2, 0) is 4.57 Å². The minimum Gasteiger partial charge on any atom is -0.456 e. The van der Waals surface area contributed by atoms with Gasteiger partial charge in [-0.3, -0.25) is 0 Å². The first kappa shape index (κ1) is 16.1. The molecule has 1 aromatic heterocycles. The third-order valence-electron chi connectivity index (χ3n) is 4.96. The minimum atomic E-state index is -3.05. The van der Waals surface area contributed by atoms with Gasteiger partial charge in [0.2, 0.25) is 0 Å². The largest absolute Gasteiger partial charge is 0.456 e. The van der Waals surface area contributed by atoms with Crippen molar-refractivity contribution in [2.45, 2.75) is 0 Å². The first-order valence-electron chi connectivity index (χ1n) is 8.90. The van der Waals surface area contributed by atoms with Gasteiger partial charge >= 0.3 is 0 Å². The smallest absolute Gasteiger partial charge is 0.171 e. The van der Waals surface area contributed by atoms with Crippen molar-refractivity contribution < 1.29 is 8.98 Å². The zero-order chi connectivity index (χ0) is 18.3. The molecule has 4 aromatic carbocycles. The van der Waals surface area contributed by atoms with Gasteiger partial charge in [0.1, 0.15) is 11.2 Å². The van der Waals surface area contributed by atoms with E-state index < -0.39 is 7.14 Å². The van der Waals surface area contributed by atoms with Crippen LogP contribution in [0.15, 0.2) is 108 Å². The fourth-order valence-corrected chi connectivity index (χ4v) is 6.60. The summed E-state index contributed by atoms with van der Waals surface area (Å²) in [5, 5.41) is 4.41. The average molecular weight is 368 g/mol. The molecule has 1 heterocycles. The third-order valence-corrected chi connectivity index (χ3v) is 8.06. The SMILES string of the molecule is O=P(c1ccccc1)(c1ccccc1)c1cccc2oc3ccccc3c12. The Morgan fingerprint density at radius 2 is 1.11 bits per heavy atom. The lowest BCUT2D eigenvalue weighted by Gasteiger charge is -2.20. The molecule has 0 fully saturated rings. The molecule has 0 amide bonds. The Kier molecular flexibility index (Phi) is 3.74. The minimum absolute atomic E-state index is 0.765. The van der Waals surface area contributed by atoms with Gasteiger partial charge in [0, 0.05) is 26.7 Å². The maximum absolute atomic E-state index is 14.7. The zero-order valence-corrected chi connectivity index (χ0v) is 15.5. The lowest BCUT2D eigenvalue weighted by atomic mass is 10.1. The summed E-state index contributed by atoms with van der Waals surface area (Å²) in [5.41, 5.74) is 1.58. The topological polar surface area (TPSA) is 30.2 Å². The van der Waals surface area contributed by atoms with Crippen LogP contribution in [0.25, 0.3) is 21.9 Å². The highest BCUT2D eigenvalue weighted by Crippen LogP contribution is 2.45. The van der Waals surface area contributed by atoms with Gasteiger partial charge in [0.15, 0.2) is 7.14 Å². The molecule has 0 atom stereocenters. The van der Waals surface area contributed by atoms with E-state index in [1.807, 2.05) is 103 Å². The summed E-state index contributed by atoms with van der Waals surface area (Å²) >= 11 is 0. The Hall–Kier alpha value is -3.09.